The summed E-state index contributed by atoms with van der Waals surface area (Å²) < 4.78 is 11.0. The summed E-state index contributed by atoms with van der Waals surface area (Å²) in [5, 5.41) is 0. The highest BCUT2D eigenvalue weighted by Crippen LogP contribution is 2.27. The summed E-state index contributed by atoms with van der Waals surface area (Å²) >= 11 is 0. The SMILES string of the molecule is CCOc1ccc(OCC(=O)N2CCCc3ccccc32)cc1. The number of carbonyl (C=O) groups excluding carboxylic acids is 1. The van der Waals surface area contributed by atoms with Crippen molar-refractivity contribution >= 4 is 11.6 Å². The molecule has 0 N–H and O–H groups in total. The van der Waals surface area contributed by atoms with Crippen molar-refractivity contribution in [2.45, 2.75) is 19.8 Å². The van der Waals surface area contributed by atoms with E-state index in [0.717, 1.165) is 30.8 Å². The van der Waals surface area contributed by atoms with E-state index in [1.807, 2.05) is 54.3 Å². The number of fused-ring (bicyclic) bond motifs is 1. The fourth-order valence-electron chi connectivity index (χ4n) is 2.81. The number of carbonyl (C=O) groups is 1. The molecule has 0 bridgehead atoms. The number of anilines is 1. The van der Waals surface area contributed by atoms with Crippen molar-refractivity contribution in [1.29, 1.82) is 0 Å². The van der Waals surface area contributed by atoms with Crippen LogP contribution >= 0.6 is 0 Å². The van der Waals surface area contributed by atoms with Crippen LogP contribution in [0.4, 0.5) is 5.69 Å². The molecule has 4 nitrogen and oxygen atoms in total. The Morgan fingerprint density at radius 2 is 1.74 bits per heavy atom. The first kappa shape index (κ1) is 15.4. The Morgan fingerprint density at radius 3 is 2.48 bits per heavy atom. The van der Waals surface area contributed by atoms with E-state index in [0.29, 0.717) is 12.4 Å². The molecule has 0 atom stereocenters. The number of aryl methyl sites for hydroxylation is 1. The van der Waals surface area contributed by atoms with E-state index in [1.165, 1.54) is 5.56 Å². The van der Waals surface area contributed by atoms with Crippen LogP contribution in [0.5, 0.6) is 11.5 Å². The maximum atomic E-state index is 12.5. The van der Waals surface area contributed by atoms with Crippen LogP contribution in [-0.2, 0) is 11.2 Å². The second kappa shape index (κ2) is 7.18. The van der Waals surface area contributed by atoms with Crippen molar-refractivity contribution in [2.24, 2.45) is 0 Å². The fourth-order valence-corrected chi connectivity index (χ4v) is 2.81. The first-order valence-electron chi connectivity index (χ1n) is 8.02. The minimum absolute atomic E-state index is 0.00830. The van der Waals surface area contributed by atoms with Gasteiger partial charge in [0.15, 0.2) is 6.61 Å². The summed E-state index contributed by atoms with van der Waals surface area (Å²) in [6.45, 7) is 3.37. The Morgan fingerprint density at radius 1 is 1.04 bits per heavy atom. The average molecular weight is 311 g/mol. The summed E-state index contributed by atoms with van der Waals surface area (Å²) in [4.78, 5) is 14.3. The monoisotopic (exact) mass is 311 g/mol. The minimum Gasteiger partial charge on any atom is -0.494 e. The third kappa shape index (κ3) is 3.65. The number of hydrogen-bond donors (Lipinski definition) is 0. The smallest absolute Gasteiger partial charge is 0.264 e. The van der Waals surface area contributed by atoms with Gasteiger partial charge in [0.25, 0.3) is 5.91 Å². The van der Waals surface area contributed by atoms with Gasteiger partial charge in [-0.05, 0) is 55.7 Å². The molecule has 0 aliphatic carbocycles. The third-order valence-corrected chi connectivity index (χ3v) is 3.91. The molecule has 0 saturated carbocycles. The van der Waals surface area contributed by atoms with Crippen LogP contribution in [0.25, 0.3) is 0 Å². The molecule has 120 valence electrons. The van der Waals surface area contributed by atoms with Gasteiger partial charge in [0.2, 0.25) is 0 Å². The largest absolute Gasteiger partial charge is 0.494 e. The molecule has 0 aromatic heterocycles. The number of amides is 1. The van der Waals surface area contributed by atoms with Crippen LogP contribution in [-0.4, -0.2) is 25.7 Å². The quantitative estimate of drug-likeness (QED) is 0.849. The molecule has 0 spiro atoms. The number of hydrogen-bond acceptors (Lipinski definition) is 3. The zero-order valence-electron chi connectivity index (χ0n) is 13.3. The van der Waals surface area contributed by atoms with E-state index < -0.39 is 0 Å². The summed E-state index contributed by atoms with van der Waals surface area (Å²) in [7, 11) is 0. The highest BCUT2D eigenvalue weighted by atomic mass is 16.5. The molecule has 4 heteroatoms. The van der Waals surface area contributed by atoms with E-state index in [9.17, 15) is 4.79 Å². The molecule has 2 aromatic carbocycles. The van der Waals surface area contributed by atoms with Gasteiger partial charge in [0, 0.05) is 12.2 Å². The summed E-state index contributed by atoms with van der Waals surface area (Å²) in [6.07, 6.45) is 2.02. The van der Waals surface area contributed by atoms with E-state index in [2.05, 4.69) is 6.07 Å². The van der Waals surface area contributed by atoms with Crippen LogP contribution in [0.3, 0.4) is 0 Å². The number of nitrogens with zero attached hydrogens (tertiary/aromatic N) is 1. The normalized spacial score (nSPS) is 13.3. The van der Waals surface area contributed by atoms with Gasteiger partial charge in [-0.3, -0.25) is 4.79 Å². The highest BCUT2D eigenvalue weighted by Gasteiger charge is 2.22. The van der Waals surface area contributed by atoms with Crippen molar-refractivity contribution in [2.75, 3.05) is 24.7 Å². The first-order chi connectivity index (χ1) is 11.3. The molecule has 3 rings (SSSR count). The predicted octanol–water partition coefficient (Wildman–Crippen LogP) is 3.44. The molecule has 2 aromatic rings. The van der Waals surface area contributed by atoms with Gasteiger partial charge in [-0.1, -0.05) is 18.2 Å². The van der Waals surface area contributed by atoms with Crippen molar-refractivity contribution in [1.82, 2.24) is 0 Å². The lowest BCUT2D eigenvalue weighted by Crippen LogP contribution is -2.38. The van der Waals surface area contributed by atoms with Gasteiger partial charge in [-0.2, -0.15) is 0 Å². The molecule has 1 amide bonds. The molecule has 1 aliphatic heterocycles. The zero-order valence-corrected chi connectivity index (χ0v) is 13.3. The van der Waals surface area contributed by atoms with Crippen molar-refractivity contribution in [3.63, 3.8) is 0 Å². The van der Waals surface area contributed by atoms with Gasteiger partial charge in [-0.15, -0.1) is 0 Å². The van der Waals surface area contributed by atoms with Crippen LogP contribution in [0, 0.1) is 0 Å². The second-order valence-electron chi connectivity index (χ2n) is 5.47. The number of rotatable bonds is 5. The van der Waals surface area contributed by atoms with Gasteiger partial charge < -0.3 is 14.4 Å². The lowest BCUT2D eigenvalue weighted by atomic mass is 10.0. The standard InChI is InChI=1S/C19H21NO3/c1-2-22-16-9-11-17(12-10-16)23-14-19(21)20-13-5-7-15-6-3-4-8-18(15)20/h3-4,6,8-12H,2,5,7,13-14H2,1H3. The second-order valence-corrected chi connectivity index (χ2v) is 5.47. The highest BCUT2D eigenvalue weighted by molar-refractivity contribution is 5.95. The van der Waals surface area contributed by atoms with Crippen LogP contribution < -0.4 is 14.4 Å². The molecular formula is C19H21NO3. The molecule has 1 aliphatic rings. The van der Waals surface area contributed by atoms with Crippen LogP contribution in [0.1, 0.15) is 18.9 Å². The van der Waals surface area contributed by atoms with Crippen LogP contribution in [0.15, 0.2) is 48.5 Å². The van der Waals surface area contributed by atoms with Gasteiger partial charge >= 0.3 is 0 Å². The molecule has 0 saturated heterocycles. The maximum absolute atomic E-state index is 12.5. The topological polar surface area (TPSA) is 38.8 Å². The molecule has 23 heavy (non-hydrogen) atoms. The molecule has 0 unspecified atom stereocenters. The average Bonchev–Trinajstić information content (AvgIpc) is 2.60. The number of ether oxygens (including phenoxy) is 2. The summed E-state index contributed by atoms with van der Waals surface area (Å²) in [5.41, 5.74) is 2.24. The van der Waals surface area contributed by atoms with Crippen LogP contribution in [0.2, 0.25) is 0 Å². The van der Waals surface area contributed by atoms with Gasteiger partial charge in [0.1, 0.15) is 11.5 Å². The van der Waals surface area contributed by atoms with E-state index >= 15 is 0 Å². The predicted molar refractivity (Wildman–Crippen MR) is 90.2 cm³/mol. The Balaban J connectivity index is 1.62. The first-order valence-corrected chi connectivity index (χ1v) is 8.02. The van der Waals surface area contributed by atoms with E-state index in [4.69, 9.17) is 9.47 Å². The van der Waals surface area contributed by atoms with Crippen molar-refractivity contribution in [3.05, 3.63) is 54.1 Å². The molecule has 1 heterocycles. The Hall–Kier alpha value is -2.49. The van der Waals surface area contributed by atoms with Crippen molar-refractivity contribution in [3.8, 4) is 11.5 Å². The lowest BCUT2D eigenvalue weighted by Gasteiger charge is -2.29. The van der Waals surface area contributed by atoms with E-state index in [1.54, 1.807) is 0 Å². The summed E-state index contributed by atoms with van der Waals surface area (Å²) in [6, 6.07) is 15.4. The summed E-state index contributed by atoms with van der Waals surface area (Å²) in [5.74, 6) is 1.47. The zero-order chi connectivity index (χ0) is 16.1. The Kier molecular flexibility index (Phi) is 4.81. The number of benzene rings is 2. The maximum Gasteiger partial charge on any atom is 0.264 e. The Bertz CT molecular complexity index is 667. The van der Waals surface area contributed by atoms with Gasteiger partial charge in [-0.25, -0.2) is 0 Å². The van der Waals surface area contributed by atoms with E-state index in [-0.39, 0.29) is 12.5 Å². The molecule has 0 fully saturated rings. The van der Waals surface area contributed by atoms with Crippen molar-refractivity contribution < 1.29 is 14.3 Å². The number of para-hydroxylation sites is 1. The fraction of sp³-hybridized carbons (Fsp3) is 0.316. The van der Waals surface area contributed by atoms with Gasteiger partial charge in [0.05, 0.1) is 6.61 Å². The lowest BCUT2D eigenvalue weighted by molar-refractivity contribution is -0.120. The molecule has 0 radical (unpaired) electrons. The minimum atomic E-state index is -0.00830. The Labute approximate surface area is 136 Å². The third-order valence-electron chi connectivity index (χ3n) is 3.91. The molecular weight excluding hydrogens is 290 g/mol.